The first-order chi connectivity index (χ1) is 6.89. The quantitative estimate of drug-likeness (QED) is 0.661. The molecule has 0 aliphatic rings. The van der Waals surface area contributed by atoms with E-state index in [0.29, 0.717) is 0 Å². The van der Waals surface area contributed by atoms with Crippen molar-refractivity contribution in [2.45, 2.75) is 39.6 Å². The zero-order chi connectivity index (χ0) is 12.1. The van der Waals surface area contributed by atoms with Gasteiger partial charge in [-0.2, -0.15) is 0 Å². The van der Waals surface area contributed by atoms with E-state index in [4.69, 9.17) is 9.05 Å². The highest BCUT2D eigenvalue weighted by Crippen LogP contribution is 2.53. The van der Waals surface area contributed by atoms with Crippen molar-refractivity contribution in [2.24, 2.45) is 5.92 Å². The summed E-state index contributed by atoms with van der Waals surface area (Å²) in [6.45, 7) is 7.07. The molecule has 92 valence electrons. The van der Waals surface area contributed by atoms with Crippen LogP contribution in [0.25, 0.3) is 0 Å². The molecule has 0 heterocycles. The molecule has 0 saturated heterocycles. The number of aliphatic hydroxyl groups is 2. The third-order valence-electron chi connectivity index (χ3n) is 1.93. The van der Waals surface area contributed by atoms with Crippen LogP contribution >= 0.6 is 7.60 Å². The van der Waals surface area contributed by atoms with E-state index < -0.39 is 19.5 Å². The Balaban J connectivity index is 4.68. The average molecular weight is 240 g/mol. The summed E-state index contributed by atoms with van der Waals surface area (Å²) in [7, 11) is -3.61. The van der Waals surface area contributed by atoms with Gasteiger partial charge in [0.2, 0.25) is 0 Å². The Morgan fingerprint density at radius 1 is 1.13 bits per heavy atom. The Kier molecular flexibility index (Phi) is 6.64. The highest BCUT2D eigenvalue weighted by Gasteiger charge is 2.40. The maximum atomic E-state index is 12.0. The highest BCUT2D eigenvalue weighted by molar-refractivity contribution is 7.54. The predicted octanol–water partition coefficient (Wildman–Crippen LogP) is 1.59. The molecular weight excluding hydrogens is 219 g/mol. The lowest BCUT2D eigenvalue weighted by Crippen LogP contribution is -2.32. The largest absolute Gasteiger partial charge is 0.389 e. The van der Waals surface area contributed by atoms with Gasteiger partial charge < -0.3 is 19.3 Å². The van der Waals surface area contributed by atoms with Gasteiger partial charge in [0.25, 0.3) is 0 Å². The first kappa shape index (κ1) is 15.1. The fourth-order valence-corrected chi connectivity index (χ4v) is 2.90. The lowest BCUT2D eigenvalue weighted by molar-refractivity contribution is 0.0143. The molecule has 2 atom stereocenters. The van der Waals surface area contributed by atoms with Crippen molar-refractivity contribution in [3.63, 3.8) is 0 Å². The Morgan fingerprint density at radius 2 is 1.53 bits per heavy atom. The smallest absolute Gasteiger partial charge is 0.361 e. The maximum Gasteiger partial charge on any atom is 0.361 e. The van der Waals surface area contributed by atoms with Gasteiger partial charge in [0, 0.05) is 0 Å². The van der Waals surface area contributed by atoms with Gasteiger partial charge in [-0.15, -0.1) is 0 Å². The Hall–Kier alpha value is 0.0700. The van der Waals surface area contributed by atoms with Gasteiger partial charge in [0.15, 0.2) is 5.85 Å². The molecule has 6 heteroatoms. The van der Waals surface area contributed by atoms with Gasteiger partial charge in [-0.3, -0.25) is 4.57 Å². The third kappa shape index (κ3) is 4.21. The number of aliphatic hydroxyl groups excluding tert-OH is 2. The number of hydrogen-bond donors (Lipinski definition) is 2. The fourth-order valence-electron chi connectivity index (χ4n) is 1.08. The van der Waals surface area contributed by atoms with E-state index in [1.807, 2.05) is 0 Å². The van der Waals surface area contributed by atoms with Crippen LogP contribution in [0.4, 0.5) is 0 Å². The zero-order valence-corrected chi connectivity index (χ0v) is 10.6. The van der Waals surface area contributed by atoms with E-state index in [9.17, 15) is 14.8 Å². The first-order valence-corrected chi connectivity index (χ1v) is 6.75. The summed E-state index contributed by atoms with van der Waals surface area (Å²) >= 11 is 0. The molecule has 0 saturated carbocycles. The van der Waals surface area contributed by atoms with Crippen molar-refractivity contribution in [2.75, 3.05) is 13.2 Å². The summed E-state index contributed by atoms with van der Waals surface area (Å²) in [5.41, 5.74) is 0. The van der Waals surface area contributed by atoms with Crippen LogP contribution < -0.4 is 0 Å². The third-order valence-corrected chi connectivity index (χ3v) is 4.12. The molecule has 0 aromatic rings. The average Bonchev–Trinajstić information content (AvgIpc) is 2.16. The molecule has 0 spiro atoms. The van der Waals surface area contributed by atoms with E-state index in [1.54, 1.807) is 27.7 Å². The van der Waals surface area contributed by atoms with Gasteiger partial charge in [-0.05, 0) is 19.8 Å². The molecule has 0 rings (SSSR count). The van der Waals surface area contributed by atoms with Crippen LogP contribution in [0.5, 0.6) is 0 Å². The van der Waals surface area contributed by atoms with Gasteiger partial charge in [-0.25, -0.2) is 0 Å². The lowest BCUT2D eigenvalue weighted by atomic mass is 10.1. The lowest BCUT2D eigenvalue weighted by Gasteiger charge is -2.27. The van der Waals surface area contributed by atoms with Crippen LogP contribution in [0.15, 0.2) is 0 Å². The minimum atomic E-state index is -3.61. The van der Waals surface area contributed by atoms with Crippen LogP contribution in [0, 0.1) is 5.92 Å². The molecule has 15 heavy (non-hydrogen) atoms. The maximum absolute atomic E-state index is 12.0. The van der Waals surface area contributed by atoms with Gasteiger partial charge in [0.05, 0.1) is 19.3 Å². The highest BCUT2D eigenvalue weighted by atomic mass is 31.2. The molecule has 0 aliphatic heterocycles. The van der Waals surface area contributed by atoms with E-state index in [-0.39, 0.29) is 19.1 Å². The summed E-state index contributed by atoms with van der Waals surface area (Å²) in [6.07, 6.45) is -1.12. The molecule has 0 radical (unpaired) electrons. The zero-order valence-electron chi connectivity index (χ0n) is 9.71. The first-order valence-electron chi connectivity index (χ1n) is 5.14. The van der Waals surface area contributed by atoms with Crippen molar-refractivity contribution < 1.29 is 23.8 Å². The van der Waals surface area contributed by atoms with Crippen LogP contribution in [-0.4, -0.2) is 35.4 Å². The van der Waals surface area contributed by atoms with E-state index >= 15 is 0 Å². The molecule has 0 aromatic heterocycles. The Labute approximate surface area is 90.9 Å². The van der Waals surface area contributed by atoms with Gasteiger partial charge in [0.1, 0.15) is 0 Å². The van der Waals surface area contributed by atoms with Crippen LogP contribution in [-0.2, 0) is 13.6 Å². The fraction of sp³-hybridized carbons (Fsp3) is 1.00. The monoisotopic (exact) mass is 240 g/mol. The minimum Gasteiger partial charge on any atom is -0.389 e. The summed E-state index contributed by atoms with van der Waals surface area (Å²) in [5.74, 6) is -1.70. The second-order valence-electron chi connectivity index (χ2n) is 3.52. The molecule has 2 N–H and O–H groups in total. The van der Waals surface area contributed by atoms with Crippen molar-refractivity contribution in [1.29, 1.82) is 0 Å². The van der Waals surface area contributed by atoms with Crippen molar-refractivity contribution in [1.82, 2.24) is 0 Å². The number of hydrogen-bond acceptors (Lipinski definition) is 5. The van der Waals surface area contributed by atoms with Crippen LogP contribution in [0.3, 0.4) is 0 Å². The molecule has 0 amide bonds. The molecule has 0 unspecified atom stereocenters. The minimum absolute atomic E-state index is 0.166. The van der Waals surface area contributed by atoms with Gasteiger partial charge in [-0.1, -0.05) is 13.8 Å². The summed E-state index contributed by atoms with van der Waals surface area (Å²) in [6, 6.07) is 0. The van der Waals surface area contributed by atoms with Crippen LogP contribution in [0.1, 0.15) is 27.7 Å². The molecule has 5 nitrogen and oxygen atoms in total. The second-order valence-corrected chi connectivity index (χ2v) is 5.65. The normalized spacial score (nSPS) is 16.7. The molecule has 0 bridgehead atoms. The van der Waals surface area contributed by atoms with Gasteiger partial charge >= 0.3 is 7.60 Å². The standard InChI is InChI=1S/C9H21O5P/c1-5-13-15(12,14-6-2)9(11)8(10)7(3)4/h7-11H,5-6H2,1-4H3/t8-,9-/m0/s1. The second kappa shape index (κ2) is 6.61. The van der Waals surface area contributed by atoms with Crippen LogP contribution in [0.2, 0.25) is 0 Å². The predicted molar refractivity (Wildman–Crippen MR) is 57.7 cm³/mol. The summed E-state index contributed by atoms with van der Waals surface area (Å²) in [5, 5.41) is 19.3. The SMILES string of the molecule is CCOP(=O)(OCC)[C@H](O)[C@@H](O)C(C)C. The Morgan fingerprint density at radius 3 is 1.80 bits per heavy atom. The van der Waals surface area contributed by atoms with E-state index in [0.717, 1.165) is 0 Å². The molecular formula is C9H21O5P. The topological polar surface area (TPSA) is 76.0 Å². The molecule has 0 aromatic carbocycles. The summed E-state index contributed by atoms with van der Waals surface area (Å²) < 4.78 is 21.9. The van der Waals surface area contributed by atoms with Crippen molar-refractivity contribution in [3.05, 3.63) is 0 Å². The van der Waals surface area contributed by atoms with Crippen molar-refractivity contribution >= 4 is 7.60 Å². The van der Waals surface area contributed by atoms with E-state index in [1.165, 1.54) is 0 Å². The number of rotatable bonds is 7. The summed E-state index contributed by atoms with van der Waals surface area (Å²) in [4.78, 5) is 0. The van der Waals surface area contributed by atoms with E-state index in [2.05, 4.69) is 0 Å². The molecule has 0 aliphatic carbocycles. The molecule has 0 fully saturated rings. The Bertz CT molecular complexity index is 209. The van der Waals surface area contributed by atoms with Crippen molar-refractivity contribution in [3.8, 4) is 0 Å².